The minimum atomic E-state index is -0.310. The summed E-state index contributed by atoms with van der Waals surface area (Å²) in [6.45, 7) is 3.40. The van der Waals surface area contributed by atoms with Crippen LogP contribution in [0.4, 0.5) is 5.69 Å². The number of likely N-dealkylation sites (N-methyl/N-ethyl adjacent to an activating group) is 1. The van der Waals surface area contributed by atoms with E-state index < -0.39 is 0 Å². The Morgan fingerprint density at radius 2 is 1.89 bits per heavy atom. The van der Waals surface area contributed by atoms with Crippen LogP contribution in [0.1, 0.15) is 19.4 Å². The number of amides is 1. The first-order chi connectivity index (χ1) is 8.52. The van der Waals surface area contributed by atoms with Crippen LogP contribution in [0.5, 0.6) is 0 Å². The molecular weight excluding hydrogens is 232 g/mol. The molecule has 5 heteroatoms. The maximum atomic E-state index is 11.6. The van der Waals surface area contributed by atoms with Crippen LogP contribution in [0.2, 0.25) is 0 Å². The molecule has 0 spiro atoms. The monoisotopic (exact) mass is 250 g/mol. The highest BCUT2D eigenvalue weighted by molar-refractivity contribution is 5.94. The molecule has 0 aromatic heterocycles. The number of carbonyl (C=O) groups excluding carboxylic acids is 2. The minimum absolute atomic E-state index is 0.0924. The number of hydrogen-bond donors (Lipinski definition) is 2. The van der Waals surface area contributed by atoms with E-state index in [1.165, 1.54) is 6.92 Å². The van der Waals surface area contributed by atoms with Crippen molar-refractivity contribution in [2.45, 2.75) is 26.5 Å². The average Bonchev–Trinajstić information content (AvgIpc) is 2.36. The van der Waals surface area contributed by atoms with Gasteiger partial charge in [-0.2, -0.15) is 0 Å². The fourth-order valence-electron chi connectivity index (χ4n) is 1.25. The summed E-state index contributed by atoms with van der Waals surface area (Å²) in [6.07, 6.45) is 0. The van der Waals surface area contributed by atoms with Gasteiger partial charge >= 0.3 is 5.97 Å². The van der Waals surface area contributed by atoms with E-state index in [1.54, 1.807) is 26.1 Å². The molecule has 0 fully saturated rings. The zero-order chi connectivity index (χ0) is 13.5. The van der Waals surface area contributed by atoms with Crippen molar-refractivity contribution in [1.29, 1.82) is 0 Å². The van der Waals surface area contributed by atoms with E-state index in [1.807, 2.05) is 12.1 Å². The highest BCUT2D eigenvalue weighted by Crippen LogP contribution is 2.10. The summed E-state index contributed by atoms with van der Waals surface area (Å²) in [6, 6.07) is 6.93. The van der Waals surface area contributed by atoms with Gasteiger partial charge in [-0.05, 0) is 31.7 Å². The zero-order valence-electron chi connectivity index (χ0n) is 10.8. The number of esters is 1. The van der Waals surface area contributed by atoms with Crippen molar-refractivity contribution in [3.8, 4) is 0 Å². The lowest BCUT2D eigenvalue weighted by Crippen LogP contribution is -2.35. The van der Waals surface area contributed by atoms with Crippen molar-refractivity contribution >= 4 is 17.6 Å². The largest absolute Gasteiger partial charge is 0.461 e. The molecule has 98 valence electrons. The van der Waals surface area contributed by atoms with Crippen LogP contribution in [0, 0.1) is 0 Å². The molecule has 0 heterocycles. The summed E-state index contributed by atoms with van der Waals surface area (Å²) in [7, 11) is 1.73. The van der Waals surface area contributed by atoms with Crippen LogP contribution in [-0.2, 0) is 20.9 Å². The van der Waals surface area contributed by atoms with E-state index in [0.29, 0.717) is 5.69 Å². The molecule has 0 aliphatic carbocycles. The van der Waals surface area contributed by atoms with Gasteiger partial charge < -0.3 is 15.4 Å². The van der Waals surface area contributed by atoms with E-state index in [0.717, 1.165) is 5.56 Å². The Labute approximate surface area is 107 Å². The maximum absolute atomic E-state index is 11.6. The maximum Gasteiger partial charge on any atom is 0.302 e. The Morgan fingerprint density at radius 1 is 1.28 bits per heavy atom. The summed E-state index contributed by atoms with van der Waals surface area (Å²) < 4.78 is 4.87. The van der Waals surface area contributed by atoms with Gasteiger partial charge in [0.2, 0.25) is 5.91 Å². The summed E-state index contributed by atoms with van der Waals surface area (Å²) in [5.74, 6) is -0.402. The molecule has 1 aromatic rings. The summed E-state index contributed by atoms with van der Waals surface area (Å²) in [5.41, 5.74) is 1.60. The van der Waals surface area contributed by atoms with Gasteiger partial charge in [0, 0.05) is 12.6 Å². The fraction of sp³-hybridized carbons (Fsp3) is 0.385. The van der Waals surface area contributed by atoms with Crippen LogP contribution >= 0.6 is 0 Å². The molecule has 0 saturated heterocycles. The fourth-order valence-corrected chi connectivity index (χ4v) is 1.25. The van der Waals surface area contributed by atoms with Crippen molar-refractivity contribution in [3.63, 3.8) is 0 Å². The topological polar surface area (TPSA) is 67.4 Å². The second-order valence-corrected chi connectivity index (χ2v) is 3.98. The molecule has 1 rings (SSSR count). The van der Waals surface area contributed by atoms with E-state index in [9.17, 15) is 9.59 Å². The van der Waals surface area contributed by atoms with Crippen LogP contribution in [0.15, 0.2) is 24.3 Å². The Kier molecular flexibility index (Phi) is 5.32. The van der Waals surface area contributed by atoms with Crippen molar-refractivity contribution < 1.29 is 14.3 Å². The molecule has 1 aromatic carbocycles. The molecule has 0 aliphatic heterocycles. The Bertz CT molecular complexity index is 415. The molecule has 5 nitrogen and oxygen atoms in total. The van der Waals surface area contributed by atoms with Gasteiger partial charge in [-0.3, -0.25) is 9.59 Å². The number of ether oxygens (including phenoxy) is 1. The van der Waals surface area contributed by atoms with Gasteiger partial charge in [0.15, 0.2) is 0 Å². The smallest absolute Gasteiger partial charge is 0.302 e. The van der Waals surface area contributed by atoms with E-state index in [4.69, 9.17) is 4.74 Å². The Hall–Kier alpha value is -1.88. The summed E-state index contributed by atoms with van der Waals surface area (Å²) in [5, 5.41) is 5.64. The first kappa shape index (κ1) is 14.2. The zero-order valence-corrected chi connectivity index (χ0v) is 10.8. The predicted octanol–water partition coefficient (Wildman–Crippen LogP) is 1.30. The number of rotatable bonds is 5. The van der Waals surface area contributed by atoms with E-state index in [-0.39, 0.29) is 24.5 Å². The second kappa shape index (κ2) is 6.76. The molecule has 1 amide bonds. The normalized spacial score (nSPS) is 11.7. The third-order valence-electron chi connectivity index (χ3n) is 2.49. The van der Waals surface area contributed by atoms with Crippen molar-refractivity contribution in [1.82, 2.24) is 5.32 Å². The Balaban J connectivity index is 2.55. The first-order valence-corrected chi connectivity index (χ1v) is 5.73. The number of nitrogens with one attached hydrogen (secondary N) is 2. The third-order valence-corrected chi connectivity index (χ3v) is 2.49. The van der Waals surface area contributed by atoms with Crippen LogP contribution in [-0.4, -0.2) is 25.0 Å². The Morgan fingerprint density at radius 3 is 2.39 bits per heavy atom. The first-order valence-electron chi connectivity index (χ1n) is 5.73. The van der Waals surface area contributed by atoms with Gasteiger partial charge in [-0.15, -0.1) is 0 Å². The molecule has 0 bridgehead atoms. The van der Waals surface area contributed by atoms with Crippen molar-refractivity contribution in [2.24, 2.45) is 0 Å². The van der Waals surface area contributed by atoms with Crippen LogP contribution < -0.4 is 10.6 Å². The molecule has 18 heavy (non-hydrogen) atoms. The lowest BCUT2D eigenvalue weighted by atomic mass is 10.2. The number of anilines is 1. The standard InChI is InChI=1S/C13H18N2O3/c1-9(14-3)13(17)15-12-6-4-11(5-7-12)8-18-10(2)16/h4-7,9,14H,8H2,1-3H3,(H,15,17)/t9-/m0/s1. The summed E-state index contributed by atoms with van der Waals surface area (Å²) in [4.78, 5) is 22.3. The molecule has 0 unspecified atom stereocenters. The molecule has 0 radical (unpaired) electrons. The quantitative estimate of drug-likeness (QED) is 0.773. The minimum Gasteiger partial charge on any atom is -0.461 e. The number of carbonyl (C=O) groups is 2. The number of benzene rings is 1. The van der Waals surface area contributed by atoms with Crippen molar-refractivity contribution in [2.75, 3.05) is 12.4 Å². The second-order valence-electron chi connectivity index (χ2n) is 3.98. The highest BCUT2D eigenvalue weighted by atomic mass is 16.5. The third kappa shape index (κ3) is 4.55. The molecule has 0 aliphatic rings. The van der Waals surface area contributed by atoms with Crippen molar-refractivity contribution in [3.05, 3.63) is 29.8 Å². The molecule has 1 atom stereocenters. The van der Waals surface area contributed by atoms with Gasteiger partial charge in [0.1, 0.15) is 6.61 Å². The van der Waals surface area contributed by atoms with Gasteiger partial charge in [-0.25, -0.2) is 0 Å². The van der Waals surface area contributed by atoms with Crippen LogP contribution in [0.25, 0.3) is 0 Å². The van der Waals surface area contributed by atoms with Gasteiger partial charge in [-0.1, -0.05) is 12.1 Å². The van der Waals surface area contributed by atoms with Gasteiger partial charge in [0.25, 0.3) is 0 Å². The highest BCUT2D eigenvalue weighted by Gasteiger charge is 2.09. The molecular formula is C13H18N2O3. The lowest BCUT2D eigenvalue weighted by Gasteiger charge is -2.11. The van der Waals surface area contributed by atoms with Crippen LogP contribution in [0.3, 0.4) is 0 Å². The van der Waals surface area contributed by atoms with E-state index in [2.05, 4.69) is 10.6 Å². The average molecular weight is 250 g/mol. The van der Waals surface area contributed by atoms with Gasteiger partial charge in [0.05, 0.1) is 6.04 Å². The summed E-state index contributed by atoms with van der Waals surface area (Å²) >= 11 is 0. The lowest BCUT2D eigenvalue weighted by molar-refractivity contribution is -0.142. The molecule has 2 N–H and O–H groups in total. The molecule has 0 saturated carbocycles. The SMILES string of the molecule is CN[C@@H](C)C(=O)Nc1ccc(COC(C)=O)cc1. The number of hydrogen-bond acceptors (Lipinski definition) is 4. The predicted molar refractivity (Wildman–Crippen MR) is 69.1 cm³/mol. The van der Waals surface area contributed by atoms with E-state index >= 15 is 0 Å².